The molecule has 4 aromatic rings. The fourth-order valence-electron chi connectivity index (χ4n) is 5.57. The SMILES string of the molecule is Cc1ccc(Cl)c(Nc2c(C(=O)N3CC4(C3)CN(c3ccc(F)cc3)C4)cnc3c(S(=O)(=O)NC(C)(C)C)cnn23)c1. The van der Waals surface area contributed by atoms with Crippen molar-refractivity contribution in [2.24, 2.45) is 5.41 Å². The minimum atomic E-state index is -3.96. The second-order valence-electron chi connectivity index (χ2n) is 12.2. The maximum Gasteiger partial charge on any atom is 0.259 e. The van der Waals surface area contributed by atoms with Crippen LogP contribution in [0.5, 0.6) is 0 Å². The molecule has 2 N–H and O–H groups in total. The summed E-state index contributed by atoms with van der Waals surface area (Å²) in [6, 6.07) is 11.9. The number of carbonyl (C=O) groups is 1. The van der Waals surface area contributed by atoms with Crippen LogP contribution in [0.25, 0.3) is 5.65 Å². The molecule has 0 atom stereocenters. The summed E-state index contributed by atoms with van der Waals surface area (Å²) in [5.74, 6) is -0.268. The van der Waals surface area contributed by atoms with Crippen LogP contribution in [0.15, 0.2) is 59.8 Å². The Morgan fingerprint density at radius 2 is 1.74 bits per heavy atom. The molecule has 10 nitrogen and oxygen atoms in total. The van der Waals surface area contributed by atoms with Crippen LogP contribution in [-0.4, -0.2) is 65.5 Å². The topological polar surface area (TPSA) is 112 Å². The molecule has 0 saturated carbocycles. The Hall–Kier alpha value is -3.74. The van der Waals surface area contributed by atoms with Crippen molar-refractivity contribution in [2.75, 3.05) is 36.4 Å². The summed E-state index contributed by atoms with van der Waals surface area (Å²) in [6.45, 7) is 9.80. The van der Waals surface area contributed by atoms with Gasteiger partial charge in [0.15, 0.2) is 5.65 Å². The number of aryl methyl sites for hydroxylation is 1. The second kappa shape index (κ2) is 9.92. The number of fused-ring (bicyclic) bond motifs is 1. The minimum absolute atomic E-state index is 0.0272. The number of anilines is 3. The van der Waals surface area contributed by atoms with E-state index in [0.29, 0.717) is 23.8 Å². The van der Waals surface area contributed by atoms with Gasteiger partial charge in [0.25, 0.3) is 5.91 Å². The van der Waals surface area contributed by atoms with Crippen LogP contribution in [-0.2, 0) is 10.0 Å². The fraction of sp³-hybridized carbons (Fsp3) is 0.345. The lowest BCUT2D eigenvalue weighted by atomic mass is 9.72. The molecule has 6 rings (SSSR count). The summed E-state index contributed by atoms with van der Waals surface area (Å²) < 4.78 is 43.7. The Labute approximate surface area is 248 Å². The van der Waals surface area contributed by atoms with E-state index in [0.717, 1.165) is 24.3 Å². The van der Waals surface area contributed by atoms with E-state index in [4.69, 9.17) is 11.6 Å². The Kier molecular flexibility index (Phi) is 6.71. The molecule has 0 radical (unpaired) electrons. The van der Waals surface area contributed by atoms with Crippen LogP contribution >= 0.6 is 11.6 Å². The molecule has 13 heteroatoms. The molecule has 220 valence electrons. The third-order valence-corrected chi connectivity index (χ3v) is 9.49. The highest BCUT2D eigenvalue weighted by Gasteiger charge is 2.53. The Morgan fingerprint density at radius 1 is 1.05 bits per heavy atom. The number of amides is 1. The van der Waals surface area contributed by atoms with Gasteiger partial charge < -0.3 is 15.1 Å². The predicted molar refractivity (Wildman–Crippen MR) is 159 cm³/mol. The first-order valence-corrected chi connectivity index (χ1v) is 15.3. The van der Waals surface area contributed by atoms with Crippen molar-refractivity contribution in [2.45, 2.75) is 38.1 Å². The number of rotatable bonds is 6. The lowest BCUT2D eigenvalue weighted by Gasteiger charge is -2.60. The van der Waals surface area contributed by atoms with E-state index in [-0.39, 0.29) is 39.1 Å². The quantitative estimate of drug-likeness (QED) is 0.327. The number of hydrogen-bond donors (Lipinski definition) is 2. The van der Waals surface area contributed by atoms with E-state index < -0.39 is 15.6 Å². The summed E-state index contributed by atoms with van der Waals surface area (Å²) in [6.07, 6.45) is 2.61. The second-order valence-corrected chi connectivity index (χ2v) is 14.3. The molecular formula is C29H31ClFN7O3S. The summed E-state index contributed by atoms with van der Waals surface area (Å²) in [7, 11) is -3.96. The van der Waals surface area contributed by atoms with Crippen LogP contribution in [0.4, 0.5) is 21.6 Å². The number of likely N-dealkylation sites (tertiary alicyclic amines) is 1. The van der Waals surface area contributed by atoms with E-state index in [9.17, 15) is 17.6 Å². The molecule has 1 spiro atoms. The average molecular weight is 612 g/mol. The zero-order valence-corrected chi connectivity index (χ0v) is 25.2. The third kappa shape index (κ3) is 5.18. The lowest BCUT2D eigenvalue weighted by Crippen LogP contribution is -2.73. The largest absolute Gasteiger partial charge is 0.370 e. The van der Waals surface area contributed by atoms with Crippen molar-refractivity contribution in [3.05, 3.63) is 76.8 Å². The van der Waals surface area contributed by atoms with Crippen molar-refractivity contribution < 1.29 is 17.6 Å². The molecule has 2 aromatic carbocycles. The lowest BCUT2D eigenvalue weighted by molar-refractivity contribution is -0.0104. The van der Waals surface area contributed by atoms with Crippen molar-refractivity contribution >= 4 is 50.4 Å². The van der Waals surface area contributed by atoms with Crippen LogP contribution < -0.4 is 14.9 Å². The molecule has 0 aliphatic carbocycles. The molecule has 1 amide bonds. The molecule has 42 heavy (non-hydrogen) atoms. The highest BCUT2D eigenvalue weighted by Crippen LogP contribution is 2.43. The number of hydrogen-bond acceptors (Lipinski definition) is 7. The smallest absolute Gasteiger partial charge is 0.259 e. The van der Waals surface area contributed by atoms with Crippen LogP contribution in [0.1, 0.15) is 36.7 Å². The molecule has 2 fully saturated rings. The normalized spacial score (nSPS) is 16.4. The van der Waals surface area contributed by atoms with Gasteiger partial charge in [0.05, 0.1) is 16.9 Å². The molecule has 2 saturated heterocycles. The van der Waals surface area contributed by atoms with Crippen molar-refractivity contribution in [1.29, 1.82) is 0 Å². The molecule has 0 bridgehead atoms. The van der Waals surface area contributed by atoms with Gasteiger partial charge >= 0.3 is 0 Å². The van der Waals surface area contributed by atoms with Gasteiger partial charge in [-0.25, -0.2) is 22.5 Å². The Balaban J connectivity index is 1.31. The van der Waals surface area contributed by atoms with Crippen molar-refractivity contribution in [1.82, 2.24) is 24.2 Å². The monoisotopic (exact) mass is 611 g/mol. The number of halogens is 2. The highest BCUT2D eigenvalue weighted by atomic mass is 35.5. The zero-order chi connectivity index (χ0) is 30.0. The van der Waals surface area contributed by atoms with E-state index in [2.05, 4.69) is 25.0 Å². The number of sulfonamides is 1. The van der Waals surface area contributed by atoms with Gasteiger partial charge in [-0.2, -0.15) is 9.61 Å². The van der Waals surface area contributed by atoms with Crippen molar-refractivity contribution in [3.63, 3.8) is 0 Å². The van der Waals surface area contributed by atoms with Gasteiger partial charge in [-0.3, -0.25) is 4.79 Å². The third-order valence-electron chi connectivity index (χ3n) is 7.41. The van der Waals surface area contributed by atoms with Gasteiger partial charge in [0, 0.05) is 49.0 Å². The van der Waals surface area contributed by atoms with E-state index in [1.807, 2.05) is 19.1 Å². The number of nitrogens with one attached hydrogen (secondary N) is 2. The Bertz CT molecular complexity index is 1810. The standard InChI is InChI=1S/C29H31ClFN7O3S/c1-18-5-10-22(30)23(11-18)34-25-21(12-32-26-24(13-33-38(25)26)42(40,41)35-28(2,3)4)27(39)37-16-29(17-37)14-36(15-29)20-8-6-19(31)7-9-20/h5-13,34-35H,14-17H2,1-4H3. The molecule has 4 heterocycles. The maximum atomic E-state index is 13.8. The number of carbonyl (C=O) groups excluding carboxylic acids is 1. The molecule has 2 aromatic heterocycles. The summed E-state index contributed by atoms with van der Waals surface area (Å²) in [5.41, 5.74) is 2.00. The van der Waals surface area contributed by atoms with E-state index >= 15 is 0 Å². The van der Waals surface area contributed by atoms with Gasteiger partial charge in [-0.05, 0) is 69.7 Å². The summed E-state index contributed by atoms with van der Waals surface area (Å²) in [5, 5.41) is 8.00. The number of aromatic nitrogens is 3. The van der Waals surface area contributed by atoms with Crippen LogP contribution in [0, 0.1) is 18.2 Å². The van der Waals surface area contributed by atoms with Crippen LogP contribution in [0.2, 0.25) is 5.02 Å². The highest BCUT2D eigenvalue weighted by molar-refractivity contribution is 7.89. The molecule has 2 aliphatic rings. The fourth-order valence-corrected chi connectivity index (χ4v) is 7.22. The van der Waals surface area contributed by atoms with Gasteiger partial charge in [-0.15, -0.1) is 0 Å². The average Bonchev–Trinajstić information content (AvgIpc) is 3.30. The van der Waals surface area contributed by atoms with E-state index in [1.54, 1.807) is 43.9 Å². The molecular weight excluding hydrogens is 581 g/mol. The van der Waals surface area contributed by atoms with Gasteiger partial charge in [0.1, 0.15) is 22.1 Å². The van der Waals surface area contributed by atoms with Gasteiger partial charge in [-0.1, -0.05) is 17.7 Å². The number of nitrogens with zero attached hydrogens (tertiary/aromatic N) is 5. The predicted octanol–water partition coefficient (Wildman–Crippen LogP) is 4.61. The maximum absolute atomic E-state index is 13.8. The first-order valence-electron chi connectivity index (χ1n) is 13.5. The minimum Gasteiger partial charge on any atom is -0.370 e. The zero-order valence-electron chi connectivity index (χ0n) is 23.6. The van der Waals surface area contributed by atoms with E-state index in [1.165, 1.54) is 29.0 Å². The molecule has 0 unspecified atom stereocenters. The number of benzene rings is 2. The van der Waals surface area contributed by atoms with Gasteiger partial charge in [0.2, 0.25) is 10.0 Å². The first-order chi connectivity index (χ1) is 19.7. The van der Waals surface area contributed by atoms with Crippen molar-refractivity contribution in [3.8, 4) is 0 Å². The molecule has 2 aliphatic heterocycles. The summed E-state index contributed by atoms with van der Waals surface area (Å²) in [4.78, 5) is 22.0. The van der Waals surface area contributed by atoms with Crippen LogP contribution in [0.3, 0.4) is 0 Å². The first kappa shape index (κ1) is 28.4. The Morgan fingerprint density at radius 3 is 2.40 bits per heavy atom. The summed E-state index contributed by atoms with van der Waals surface area (Å²) >= 11 is 6.48.